The highest BCUT2D eigenvalue weighted by Crippen LogP contribution is 2.38. The zero-order chi connectivity index (χ0) is 18.7. The van der Waals surface area contributed by atoms with E-state index in [0.29, 0.717) is 19.1 Å². The summed E-state index contributed by atoms with van der Waals surface area (Å²) in [5.74, 6) is 0.528. The Morgan fingerprint density at radius 2 is 1.88 bits per heavy atom. The van der Waals surface area contributed by atoms with E-state index in [0.717, 1.165) is 31.4 Å². The summed E-state index contributed by atoms with van der Waals surface area (Å²) in [5, 5.41) is 0. The summed E-state index contributed by atoms with van der Waals surface area (Å²) >= 11 is 0. The minimum atomic E-state index is -0.470. The Balaban J connectivity index is 1.56. The highest BCUT2D eigenvalue weighted by atomic mass is 16.6. The number of amides is 1. The Morgan fingerprint density at radius 1 is 1.19 bits per heavy atom. The predicted molar refractivity (Wildman–Crippen MR) is 95.9 cm³/mol. The van der Waals surface area contributed by atoms with Gasteiger partial charge in [0.1, 0.15) is 11.7 Å². The second kappa shape index (κ2) is 7.78. The van der Waals surface area contributed by atoms with Gasteiger partial charge in [0.05, 0.1) is 24.7 Å². The molecule has 3 atom stereocenters. The maximum Gasteiger partial charge on any atom is 0.410 e. The second-order valence-electron chi connectivity index (χ2n) is 7.97. The fourth-order valence-corrected chi connectivity index (χ4v) is 3.69. The van der Waals surface area contributed by atoms with Crippen molar-refractivity contribution in [3.05, 3.63) is 18.1 Å². The number of nitrogens with zero attached hydrogens (tertiary/aromatic N) is 3. The molecule has 1 aromatic heterocycles. The molecule has 1 amide bonds. The van der Waals surface area contributed by atoms with E-state index in [1.54, 1.807) is 12.4 Å². The number of fused-ring (bicyclic) bond motifs is 2. The molecule has 144 valence electrons. The number of ether oxygens (including phenoxy) is 3. The van der Waals surface area contributed by atoms with E-state index in [4.69, 9.17) is 14.2 Å². The van der Waals surface area contributed by atoms with Crippen LogP contribution in [0.25, 0.3) is 0 Å². The summed E-state index contributed by atoms with van der Waals surface area (Å²) in [7, 11) is 0. The summed E-state index contributed by atoms with van der Waals surface area (Å²) in [6, 6.07) is 0.359. The van der Waals surface area contributed by atoms with Crippen LogP contribution >= 0.6 is 0 Å². The van der Waals surface area contributed by atoms with Crippen molar-refractivity contribution in [2.24, 2.45) is 0 Å². The lowest BCUT2D eigenvalue weighted by atomic mass is 10.0. The molecule has 0 aliphatic carbocycles. The highest BCUT2D eigenvalue weighted by Gasteiger charge is 2.45. The lowest BCUT2D eigenvalue weighted by Crippen LogP contribution is -2.50. The van der Waals surface area contributed by atoms with Crippen LogP contribution in [0.2, 0.25) is 0 Å². The largest absolute Gasteiger partial charge is 0.473 e. The van der Waals surface area contributed by atoms with Crippen LogP contribution in [-0.4, -0.2) is 51.4 Å². The van der Waals surface area contributed by atoms with Crippen molar-refractivity contribution in [2.75, 3.05) is 6.61 Å². The number of hydrogen-bond donors (Lipinski definition) is 0. The summed E-state index contributed by atoms with van der Waals surface area (Å²) in [6.45, 7) is 8.76. The van der Waals surface area contributed by atoms with Crippen LogP contribution in [0.4, 0.5) is 4.79 Å². The van der Waals surface area contributed by atoms with Crippen molar-refractivity contribution in [2.45, 2.75) is 83.8 Å². The van der Waals surface area contributed by atoms with Crippen LogP contribution in [-0.2, 0) is 16.1 Å². The third-order valence-corrected chi connectivity index (χ3v) is 4.72. The molecule has 0 N–H and O–H groups in total. The number of rotatable bonds is 5. The van der Waals surface area contributed by atoms with Crippen molar-refractivity contribution >= 4 is 6.09 Å². The minimum absolute atomic E-state index is 0.0539. The van der Waals surface area contributed by atoms with E-state index in [1.807, 2.05) is 32.6 Å². The molecule has 3 rings (SSSR count). The van der Waals surface area contributed by atoms with Gasteiger partial charge in [-0.05, 0) is 40.5 Å². The van der Waals surface area contributed by atoms with Crippen molar-refractivity contribution in [1.29, 1.82) is 0 Å². The van der Waals surface area contributed by atoms with E-state index in [-0.39, 0.29) is 24.3 Å². The highest BCUT2D eigenvalue weighted by molar-refractivity contribution is 5.69. The number of piperidine rings is 1. The van der Waals surface area contributed by atoms with Crippen LogP contribution in [0.3, 0.4) is 0 Å². The molecule has 2 aliphatic rings. The number of carbonyl (C=O) groups is 1. The van der Waals surface area contributed by atoms with E-state index < -0.39 is 5.60 Å². The van der Waals surface area contributed by atoms with Gasteiger partial charge in [-0.1, -0.05) is 0 Å². The molecule has 7 nitrogen and oxygen atoms in total. The topological polar surface area (TPSA) is 73.8 Å². The molecule has 7 heteroatoms. The number of carbonyl (C=O) groups excluding carboxylic acids is 1. The van der Waals surface area contributed by atoms with Gasteiger partial charge in [0.15, 0.2) is 0 Å². The molecule has 1 unspecified atom stereocenters. The van der Waals surface area contributed by atoms with Gasteiger partial charge in [0, 0.05) is 31.5 Å². The summed E-state index contributed by atoms with van der Waals surface area (Å²) in [6.07, 6.45) is 6.80. The first-order valence-corrected chi connectivity index (χ1v) is 9.42. The summed E-state index contributed by atoms with van der Waals surface area (Å²) in [4.78, 5) is 23.1. The molecule has 1 aromatic rings. The first kappa shape index (κ1) is 18.9. The molecule has 26 heavy (non-hydrogen) atoms. The van der Waals surface area contributed by atoms with E-state index >= 15 is 0 Å². The van der Waals surface area contributed by atoms with Crippen LogP contribution < -0.4 is 4.74 Å². The molecule has 2 bridgehead atoms. The number of aromatic nitrogens is 2. The summed E-state index contributed by atoms with van der Waals surface area (Å²) in [5.41, 5.74) is 0.321. The molecule has 0 aromatic carbocycles. The average molecular weight is 363 g/mol. The zero-order valence-corrected chi connectivity index (χ0v) is 16.1. The van der Waals surface area contributed by atoms with Crippen LogP contribution in [0.5, 0.6) is 5.88 Å². The fraction of sp³-hybridized carbons (Fsp3) is 0.737. The average Bonchev–Trinajstić information content (AvgIpc) is 2.84. The Kier molecular flexibility index (Phi) is 5.65. The Morgan fingerprint density at radius 3 is 2.42 bits per heavy atom. The van der Waals surface area contributed by atoms with Crippen molar-refractivity contribution in [3.8, 4) is 5.88 Å². The van der Waals surface area contributed by atoms with Gasteiger partial charge in [-0.2, -0.15) is 0 Å². The molecular formula is C19H29N3O4. The molecule has 2 saturated heterocycles. The maximum absolute atomic E-state index is 12.5. The molecule has 0 radical (unpaired) electrons. The van der Waals surface area contributed by atoms with Gasteiger partial charge < -0.3 is 19.1 Å². The van der Waals surface area contributed by atoms with Crippen molar-refractivity contribution < 1.29 is 19.0 Å². The first-order valence-electron chi connectivity index (χ1n) is 9.42. The van der Waals surface area contributed by atoms with Gasteiger partial charge in [0.2, 0.25) is 5.88 Å². The lowest BCUT2D eigenvalue weighted by molar-refractivity contribution is -0.00766. The summed E-state index contributed by atoms with van der Waals surface area (Å²) < 4.78 is 16.9. The van der Waals surface area contributed by atoms with E-state index in [1.165, 1.54) is 0 Å². The van der Waals surface area contributed by atoms with E-state index in [9.17, 15) is 4.79 Å². The van der Waals surface area contributed by atoms with Gasteiger partial charge in [0.25, 0.3) is 0 Å². The van der Waals surface area contributed by atoms with Crippen LogP contribution in [0.15, 0.2) is 12.4 Å². The van der Waals surface area contributed by atoms with Gasteiger partial charge >= 0.3 is 6.09 Å². The maximum atomic E-state index is 12.5. The normalized spacial score (nSPS) is 25.2. The van der Waals surface area contributed by atoms with Gasteiger partial charge in [-0.3, -0.25) is 4.98 Å². The Hall–Kier alpha value is -1.89. The molecule has 3 heterocycles. The predicted octanol–water partition coefficient (Wildman–Crippen LogP) is 3.32. The molecule has 0 spiro atoms. The third-order valence-electron chi connectivity index (χ3n) is 4.72. The van der Waals surface area contributed by atoms with Gasteiger partial charge in [-0.15, -0.1) is 0 Å². The van der Waals surface area contributed by atoms with Crippen molar-refractivity contribution in [1.82, 2.24) is 14.9 Å². The van der Waals surface area contributed by atoms with Crippen LogP contribution in [0, 0.1) is 0 Å². The Bertz CT molecular complexity index is 600. The lowest BCUT2D eigenvalue weighted by Gasteiger charge is -2.39. The van der Waals surface area contributed by atoms with Crippen molar-refractivity contribution in [3.63, 3.8) is 0 Å². The Labute approximate surface area is 155 Å². The SMILES string of the molecule is CCOCc1cnc(OC2C[C@H]3CC[C@@H](C2)N3C(=O)OC(C)(C)C)cn1. The standard InChI is InChI=1S/C19H29N3O4/c1-5-24-12-13-10-21-17(11-20-13)25-16-8-14-6-7-15(9-16)22(14)18(23)26-19(2,3)4/h10-11,14-16H,5-9,12H2,1-4H3/t14-,15+,16?. The van der Waals surface area contributed by atoms with E-state index in [2.05, 4.69) is 9.97 Å². The second-order valence-corrected chi connectivity index (χ2v) is 7.97. The van der Waals surface area contributed by atoms with Gasteiger partial charge in [-0.25, -0.2) is 9.78 Å². The van der Waals surface area contributed by atoms with Crippen LogP contribution in [0.1, 0.15) is 59.1 Å². The minimum Gasteiger partial charge on any atom is -0.473 e. The smallest absolute Gasteiger partial charge is 0.410 e. The molecule has 2 aliphatic heterocycles. The fourth-order valence-electron chi connectivity index (χ4n) is 3.69. The molecule has 2 fully saturated rings. The molecule has 0 saturated carbocycles. The third kappa shape index (κ3) is 4.63. The first-order chi connectivity index (χ1) is 12.4. The number of hydrogen-bond acceptors (Lipinski definition) is 6. The quantitative estimate of drug-likeness (QED) is 0.799. The monoisotopic (exact) mass is 363 g/mol. The molecular weight excluding hydrogens is 334 g/mol. The zero-order valence-electron chi connectivity index (χ0n) is 16.1.